The number of hydrogen-bond donors (Lipinski definition) is 2. The summed E-state index contributed by atoms with van der Waals surface area (Å²) in [6.07, 6.45) is 5.08. The zero-order valence-corrected chi connectivity index (χ0v) is 5.06. The van der Waals surface area contributed by atoms with Crippen molar-refractivity contribution in [2.75, 3.05) is 0 Å². The van der Waals surface area contributed by atoms with Gasteiger partial charge in [0.05, 0.1) is 0 Å². The van der Waals surface area contributed by atoms with Gasteiger partial charge in [-0.3, -0.25) is 0 Å². The molecule has 9 heavy (non-hydrogen) atoms. The summed E-state index contributed by atoms with van der Waals surface area (Å²) in [6.45, 7) is 0. The summed E-state index contributed by atoms with van der Waals surface area (Å²) in [7, 11) is 0. The van der Waals surface area contributed by atoms with Crippen LogP contribution in [0.25, 0.3) is 0 Å². The van der Waals surface area contributed by atoms with Crippen molar-refractivity contribution in [3.05, 3.63) is 0 Å². The Hall–Kier alpha value is -1.06. The lowest BCUT2D eigenvalue weighted by Gasteiger charge is -1.84. The van der Waals surface area contributed by atoms with Crippen LogP contribution in [0.3, 0.4) is 0 Å². The van der Waals surface area contributed by atoms with Gasteiger partial charge in [0.1, 0.15) is 0 Å². The van der Waals surface area contributed by atoms with Crippen LogP contribution in [0.15, 0.2) is 10.3 Å². The summed E-state index contributed by atoms with van der Waals surface area (Å²) in [5.74, 6) is 0. The zero-order valence-electron chi connectivity index (χ0n) is 5.06. The molecule has 0 amide bonds. The third-order valence-electron chi connectivity index (χ3n) is 0.830. The highest BCUT2D eigenvalue weighted by atomic mass is 16.4. The van der Waals surface area contributed by atoms with Gasteiger partial charge in [-0.25, -0.2) is 0 Å². The average Bonchev–Trinajstić information content (AvgIpc) is 1.89. The molecule has 0 heterocycles. The predicted molar refractivity (Wildman–Crippen MR) is 34.4 cm³/mol. The van der Waals surface area contributed by atoms with Gasteiger partial charge in [0.2, 0.25) is 0 Å². The van der Waals surface area contributed by atoms with Gasteiger partial charge in [-0.05, 0) is 19.3 Å². The van der Waals surface area contributed by atoms with Crippen LogP contribution in [-0.2, 0) is 0 Å². The fraction of sp³-hybridized carbons (Fsp3) is 0.600. The Balaban J connectivity index is 2.91. The summed E-state index contributed by atoms with van der Waals surface area (Å²) in [5, 5.41) is 21.4. The Morgan fingerprint density at radius 3 is 1.78 bits per heavy atom. The third-order valence-corrected chi connectivity index (χ3v) is 0.830. The topological polar surface area (TPSA) is 65.2 Å². The molecule has 0 unspecified atom stereocenters. The fourth-order valence-corrected chi connectivity index (χ4v) is 0.416. The smallest absolute Gasteiger partial charge is 0.0436 e. The number of oxime groups is 2. The molecule has 0 rings (SSSR count). The molecule has 0 saturated carbocycles. The molecule has 0 aliphatic heterocycles. The van der Waals surface area contributed by atoms with Gasteiger partial charge in [0, 0.05) is 12.4 Å². The lowest BCUT2D eigenvalue weighted by atomic mass is 10.3. The zero-order chi connectivity index (χ0) is 6.95. The Morgan fingerprint density at radius 2 is 1.44 bits per heavy atom. The highest BCUT2D eigenvalue weighted by Crippen LogP contribution is 1.88. The third kappa shape index (κ3) is 6.94. The van der Waals surface area contributed by atoms with Gasteiger partial charge in [-0.15, -0.1) is 10.3 Å². The van der Waals surface area contributed by atoms with E-state index < -0.39 is 0 Å². The number of hydrogen-bond acceptors (Lipinski definition) is 4. The quantitative estimate of drug-likeness (QED) is 0.259. The first kappa shape index (κ1) is 7.94. The predicted octanol–water partition coefficient (Wildman–Crippen LogP) is 1.08. The summed E-state index contributed by atoms with van der Waals surface area (Å²) in [5.41, 5.74) is 0. The molecular weight excluding hydrogens is 120 g/mol. The van der Waals surface area contributed by atoms with Gasteiger partial charge in [-0.2, -0.15) is 0 Å². The lowest BCUT2D eigenvalue weighted by Crippen LogP contribution is -1.78. The summed E-state index contributed by atoms with van der Waals surface area (Å²) >= 11 is 0. The number of unbranched alkanes of at least 4 members (excludes halogenated alkanes) is 2. The molecule has 0 aliphatic rings. The maximum absolute atomic E-state index is 7.91. The van der Waals surface area contributed by atoms with Crippen LogP contribution < -0.4 is 0 Å². The van der Waals surface area contributed by atoms with E-state index >= 15 is 0 Å². The van der Waals surface area contributed by atoms with Crippen LogP contribution in [0.2, 0.25) is 0 Å². The van der Waals surface area contributed by atoms with Crippen molar-refractivity contribution in [3.63, 3.8) is 0 Å². The largest absolute Gasteiger partial charge is 0.411 e. The van der Waals surface area contributed by atoms with Crippen molar-refractivity contribution in [3.8, 4) is 0 Å². The molecule has 4 nitrogen and oxygen atoms in total. The normalized spacial score (nSPS) is 11.6. The van der Waals surface area contributed by atoms with E-state index in [9.17, 15) is 0 Å². The van der Waals surface area contributed by atoms with Gasteiger partial charge >= 0.3 is 0 Å². The second-order valence-electron chi connectivity index (χ2n) is 1.53. The number of rotatable bonds is 4. The Kier molecular flexibility index (Phi) is 6.12. The molecule has 0 atom stereocenters. The minimum absolute atomic E-state index is 0.711. The van der Waals surface area contributed by atoms with E-state index in [2.05, 4.69) is 10.3 Å². The fourth-order valence-electron chi connectivity index (χ4n) is 0.416. The molecule has 2 N–H and O–H groups in total. The van der Waals surface area contributed by atoms with E-state index in [0.29, 0.717) is 12.8 Å². The molecule has 4 heteroatoms. The summed E-state index contributed by atoms with van der Waals surface area (Å²) in [6, 6.07) is 0. The van der Waals surface area contributed by atoms with E-state index in [0.717, 1.165) is 6.42 Å². The second-order valence-corrected chi connectivity index (χ2v) is 1.53. The molecule has 0 bridgehead atoms. The van der Waals surface area contributed by atoms with E-state index in [1.807, 2.05) is 0 Å². The SMILES string of the molecule is ON=CCCC/C=N/O. The van der Waals surface area contributed by atoms with Crippen LogP contribution >= 0.6 is 0 Å². The summed E-state index contributed by atoms with van der Waals surface area (Å²) < 4.78 is 0. The van der Waals surface area contributed by atoms with Crippen LogP contribution in [0.1, 0.15) is 19.3 Å². The Bertz CT molecular complexity index is 89.1. The molecule has 0 aromatic carbocycles. The second kappa shape index (κ2) is 6.94. The van der Waals surface area contributed by atoms with Crippen LogP contribution in [0.5, 0.6) is 0 Å². The maximum atomic E-state index is 7.91. The van der Waals surface area contributed by atoms with Crippen molar-refractivity contribution in [2.45, 2.75) is 19.3 Å². The first-order chi connectivity index (χ1) is 4.41. The molecule has 52 valence electrons. The van der Waals surface area contributed by atoms with E-state index in [-0.39, 0.29) is 0 Å². The van der Waals surface area contributed by atoms with Crippen molar-refractivity contribution >= 4 is 12.4 Å². The molecule has 0 aromatic rings. The number of nitrogens with zero attached hydrogens (tertiary/aromatic N) is 2. The highest BCUT2D eigenvalue weighted by molar-refractivity contribution is 5.59. The van der Waals surface area contributed by atoms with Gasteiger partial charge in [0.15, 0.2) is 0 Å². The monoisotopic (exact) mass is 130 g/mol. The Morgan fingerprint density at radius 1 is 1.00 bits per heavy atom. The van der Waals surface area contributed by atoms with Crippen LogP contribution in [0.4, 0.5) is 0 Å². The van der Waals surface area contributed by atoms with E-state index in [1.54, 1.807) is 0 Å². The molecular formula is C5H10N2O2. The van der Waals surface area contributed by atoms with Gasteiger partial charge in [0.25, 0.3) is 0 Å². The molecule has 0 aliphatic carbocycles. The lowest BCUT2D eigenvalue weighted by molar-refractivity contribution is 0.319. The maximum Gasteiger partial charge on any atom is 0.0436 e. The highest BCUT2D eigenvalue weighted by Gasteiger charge is 1.79. The van der Waals surface area contributed by atoms with Gasteiger partial charge < -0.3 is 10.4 Å². The summed E-state index contributed by atoms with van der Waals surface area (Å²) in [4.78, 5) is 0. The molecule has 0 radical (unpaired) electrons. The minimum atomic E-state index is 0.711. The first-order valence-electron chi connectivity index (χ1n) is 2.73. The van der Waals surface area contributed by atoms with Crippen LogP contribution in [-0.4, -0.2) is 22.8 Å². The van der Waals surface area contributed by atoms with Gasteiger partial charge in [-0.1, -0.05) is 0 Å². The van der Waals surface area contributed by atoms with E-state index in [1.165, 1.54) is 12.4 Å². The molecule has 0 aromatic heterocycles. The molecule has 0 spiro atoms. The Labute approximate surface area is 53.5 Å². The van der Waals surface area contributed by atoms with Crippen molar-refractivity contribution in [2.24, 2.45) is 10.3 Å². The van der Waals surface area contributed by atoms with E-state index in [4.69, 9.17) is 10.4 Å². The van der Waals surface area contributed by atoms with Crippen molar-refractivity contribution < 1.29 is 10.4 Å². The average molecular weight is 130 g/mol. The van der Waals surface area contributed by atoms with Crippen molar-refractivity contribution in [1.29, 1.82) is 0 Å². The first-order valence-corrected chi connectivity index (χ1v) is 2.73. The van der Waals surface area contributed by atoms with Crippen molar-refractivity contribution in [1.82, 2.24) is 0 Å². The standard InChI is InChI=1S/C5H10N2O2/c8-6-4-2-1-3-5-7-9/h4-5,8-9H,1-3H2/b6-4+,7-5?. The van der Waals surface area contributed by atoms with Crippen LogP contribution in [0, 0.1) is 0 Å². The minimum Gasteiger partial charge on any atom is -0.411 e. The molecule has 0 fully saturated rings. The molecule has 0 saturated heterocycles.